The van der Waals surface area contributed by atoms with E-state index in [0.717, 1.165) is 0 Å². The van der Waals surface area contributed by atoms with Crippen LogP contribution in [0.3, 0.4) is 0 Å². The maximum Gasteiger partial charge on any atom is 0.243 e. The molecule has 0 bridgehead atoms. The largest absolute Gasteiger partial charge is 0.243 e. The third-order valence-electron chi connectivity index (χ3n) is 2.82. The highest BCUT2D eigenvalue weighted by atomic mass is 35.5. The minimum atomic E-state index is -3.74. The van der Waals surface area contributed by atoms with E-state index < -0.39 is 20.0 Å². The zero-order valence-corrected chi connectivity index (χ0v) is 14.6. The molecule has 0 fully saturated rings. The van der Waals surface area contributed by atoms with Gasteiger partial charge in [-0.05, 0) is 24.7 Å². The normalized spacial score (nSPS) is 12.5. The van der Waals surface area contributed by atoms with Gasteiger partial charge in [-0.15, -0.1) is 11.3 Å². The molecule has 2 rings (SSSR count). The molecular weight excluding hydrogens is 368 g/mol. The quantitative estimate of drug-likeness (QED) is 0.799. The first-order valence-electron chi connectivity index (χ1n) is 6.00. The molecule has 1 heterocycles. The molecular formula is C12H13ClN2O4S3. The van der Waals surface area contributed by atoms with E-state index in [2.05, 4.69) is 9.44 Å². The van der Waals surface area contributed by atoms with Crippen LogP contribution >= 0.6 is 22.9 Å². The monoisotopic (exact) mass is 380 g/mol. The van der Waals surface area contributed by atoms with Gasteiger partial charge in [0.15, 0.2) is 0 Å². The number of hydrogen-bond acceptors (Lipinski definition) is 5. The molecule has 0 aliphatic heterocycles. The van der Waals surface area contributed by atoms with E-state index in [4.69, 9.17) is 11.6 Å². The van der Waals surface area contributed by atoms with Gasteiger partial charge in [-0.25, -0.2) is 26.3 Å². The molecule has 0 amide bonds. The second-order valence-electron chi connectivity index (χ2n) is 4.26. The summed E-state index contributed by atoms with van der Waals surface area (Å²) in [7, 11) is -6.00. The summed E-state index contributed by atoms with van der Waals surface area (Å²) in [5.74, 6) is 0. The fourth-order valence-corrected chi connectivity index (χ4v) is 5.18. The number of benzene rings is 1. The molecule has 10 heteroatoms. The Kier molecular flexibility index (Phi) is 5.25. The molecule has 120 valence electrons. The third kappa shape index (κ3) is 3.86. The SMILES string of the molecule is CNS(=O)(=O)c1cccc(CNS(=O)(=O)c2cscc2Cl)c1. The fraction of sp³-hybridized carbons (Fsp3) is 0.167. The highest BCUT2D eigenvalue weighted by molar-refractivity contribution is 7.90. The molecule has 0 radical (unpaired) electrons. The molecule has 1 aromatic heterocycles. The van der Waals surface area contributed by atoms with Crippen LogP contribution in [0.25, 0.3) is 0 Å². The van der Waals surface area contributed by atoms with E-state index in [9.17, 15) is 16.8 Å². The first kappa shape index (κ1) is 17.4. The minimum absolute atomic E-state index is 0.0122. The van der Waals surface area contributed by atoms with Crippen molar-refractivity contribution in [3.63, 3.8) is 0 Å². The molecule has 6 nitrogen and oxygen atoms in total. The van der Waals surface area contributed by atoms with Crippen LogP contribution < -0.4 is 9.44 Å². The summed E-state index contributed by atoms with van der Waals surface area (Å²) in [5.41, 5.74) is 0.520. The van der Waals surface area contributed by atoms with Crippen molar-refractivity contribution in [2.75, 3.05) is 7.05 Å². The Hall–Kier alpha value is -0.970. The fourth-order valence-electron chi connectivity index (χ4n) is 1.66. The molecule has 22 heavy (non-hydrogen) atoms. The number of rotatable bonds is 6. The van der Waals surface area contributed by atoms with Gasteiger partial charge in [-0.2, -0.15) is 0 Å². The van der Waals surface area contributed by atoms with Crippen LogP contribution in [-0.4, -0.2) is 23.9 Å². The summed E-state index contributed by atoms with van der Waals surface area (Å²) in [4.78, 5) is 0.0819. The lowest BCUT2D eigenvalue weighted by Crippen LogP contribution is -2.23. The standard InChI is InChI=1S/C12H13ClN2O4S3/c1-14-21(16,17)10-4-2-3-9(5-10)6-15-22(18,19)12-8-20-7-11(12)13/h2-5,7-8,14-15H,6H2,1H3. The zero-order valence-electron chi connectivity index (χ0n) is 11.4. The van der Waals surface area contributed by atoms with Crippen LogP contribution in [0.4, 0.5) is 0 Å². The van der Waals surface area contributed by atoms with Crippen molar-refractivity contribution in [1.29, 1.82) is 0 Å². The summed E-state index contributed by atoms with van der Waals surface area (Å²) >= 11 is 7.00. The van der Waals surface area contributed by atoms with Crippen molar-refractivity contribution in [2.45, 2.75) is 16.3 Å². The molecule has 0 aliphatic rings. The van der Waals surface area contributed by atoms with Crippen molar-refractivity contribution in [3.8, 4) is 0 Å². The average molecular weight is 381 g/mol. The molecule has 0 unspecified atom stereocenters. The average Bonchev–Trinajstić information content (AvgIpc) is 2.93. The Morgan fingerprint density at radius 1 is 1.14 bits per heavy atom. The smallest absolute Gasteiger partial charge is 0.214 e. The zero-order chi connectivity index (χ0) is 16.4. The van der Waals surface area contributed by atoms with Crippen molar-refractivity contribution < 1.29 is 16.8 Å². The number of sulfonamides is 2. The van der Waals surface area contributed by atoms with Crippen molar-refractivity contribution in [2.24, 2.45) is 0 Å². The van der Waals surface area contributed by atoms with Crippen LogP contribution in [0.1, 0.15) is 5.56 Å². The van der Waals surface area contributed by atoms with Gasteiger partial charge >= 0.3 is 0 Å². The molecule has 0 aliphatic carbocycles. The van der Waals surface area contributed by atoms with Crippen LogP contribution in [-0.2, 0) is 26.6 Å². The number of thiophene rings is 1. The minimum Gasteiger partial charge on any atom is -0.214 e. The number of nitrogens with one attached hydrogen (secondary N) is 2. The highest BCUT2D eigenvalue weighted by Gasteiger charge is 2.19. The molecule has 2 aromatic rings. The van der Waals surface area contributed by atoms with Crippen LogP contribution in [0.5, 0.6) is 0 Å². The van der Waals surface area contributed by atoms with Crippen LogP contribution in [0, 0.1) is 0 Å². The Labute approximate surface area is 138 Å². The van der Waals surface area contributed by atoms with Gasteiger partial charge in [0.25, 0.3) is 0 Å². The van der Waals surface area contributed by atoms with Crippen LogP contribution in [0.15, 0.2) is 44.8 Å². The Balaban J connectivity index is 2.19. The number of hydrogen-bond donors (Lipinski definition) is 2. The van der Waals surface area contributed by atoms with Gasteiger partial charge in [-0.3, -0.25) is 0 Å². The summed E-state index contributed by atoms with van der Waals surface area (Å²) in [6.07, 6.45) is 0. The Bertz CT molecular complexity index is 875. The Morgan fingerprint density at radius 2 is 1.86 bits per heavy atom. The van der Waals surface area contributed by atoms with Crippen molar-refractivity contribution in [1.82, 2.24) is 9.44 Å². The second kappa shape index (κ2) is 6.65. The van der Waals surface area contributed by atoms with Gasteiger partial charge in [-0.1, -0.05) is 23.7 Å². The van der Waals surface area contributed by atoms with Gasteiger partial charge < -0.3 is 0 Å². The lowest BCUT2D eigenvalue weighted by Gasteiger charge is -2.08. The summed E-state index contributed by atoms with van der Waals surface area (Å²) in [6.45, 7) is -0.0401. The summed E-state index contributed by atoms with van der Waals surface area (Å²) in [6, 6.07) is 6.01. The van der Waals surface area contributed by atoms with E-state index in [1.54, 1.807) is 12.1 Å². The highest BCUT2D eigenvalue weighted by Crippen LogP contribution is 2.25. The molecule has 2 N–H and O–H groups in total. The van der Waals surface area contributed by atoms with Crippen LogP contribution in [0.2, 0.25) is 5.02 Å². The first-order valence-corrected chi connectivity index (χ1v) is 10.3. The first-order chi connectivity index (χ1) is 10.3. The topological polar surface area (TPSA) is 92.3 Å². The van der Waals surface area contributed by atoms with Crippen molar-refractivity contribution >= 4 is 43.0 Å². The Morgan fingerprint density at radius 3 is 2.45 bits per heavy atom. The molecule has 1 aromatic carbocycles. The van der Waals surface area contributed by atoms with Crippen molar-refractivity contribution in [3.05, 3.63) is 45.6 Å². The maximum atomic E-state index is 12.1. The van der Waals surface area contributed by atoms with E-state index >= 15 is 0 Å². The van der Waals surface area contributed by atoms with Gasteiger partial charge in [0.05, 0.1) is 9.92 Å². The molecule has 0 saturated heterocycles. The molecule has 0 atom stereocenters. The second-order valence-corrected chi connectivity index (χ2v) is 9.04. The maximum absolute atomic E-state index is 12.1. The van der Waals surface area contributed by atoms with Gasteiger partial charge in [0.1, 0.15) is 4.90 Å². The third-order valence-corrected chi connectivity index (χ3v) is 7.12. The van der Waals surface area contributed by atoms with E-state index in [-0.39, 0.29) is 21.4 Å². The van der Waals surface area contributed by atoms with Gasteiger partial charge in [0, 0.05) is 17.3 Å². The van der Waals surface area contributed by atoms with E-state index in [0.29, 0.717) is 5.56 Å². The lowest BCUT2D eigenvalue weighted by molar-refractivity contribution is 0.581. The van der Waals surface area contributed by atoms with E-state index in [1.807, 2.05) is 0 Å². The van der Waals surface area contributed by atoms with Gasteiger partial charge in [0.2, 0.25) is 20.0 Å². The molecule has 0 spiro atoms. The predicted molar refractivity (Wildman–Crippen MR) is 86.0 cm³/mol. The molecule has 0 saturated carbocycles. The summed E-state index contributed by atoms with van der Waals surface area (Å²) < 4.78 is 52.3. The summed E-state index contributed by atoms with van der Waals surface area (Å²) in [5, 5.41) is 3.12. The van der Waals surface area contributed by atoms with E-state index in [1.165, 1.54) is 41.3 Å². The lowest BCUT2D eigenvalue weighted by atomic mass is 10.2. The number of halogens is 1. The predicted octanol–water partition coefficient (Wildman–Crippen LogP) is 1.79.